The first-order valence-electron chi connectivity index (χ1n) is 8.36. The van der Waals surface area contributed by atoms with E-state index in [4.69, 9.17) is 5.73 Å². The van der Waals surface area contributed by atoms with Crippen LogP contribution in [-0.2, 0) is 16.1 Å². The summed E-state index contributed by atoms with van der Waals surface area (Å²) < 4.78 is 0. The number of carbonyl (C=O) groups is 2. The smallest absolute Gasteiger partial charge is 0.224 e. The number of rotatable bonds is 8. The lowest BCUT2D eigenvalue weighted by Crippen LogP contribution is -2.31. The monoisotopic (exact) mass is 344 g/mol. The molecule has 2 amide bonds. The molecule has 0 spiro atoms. The number of hydrogen-bond donors (Lipinski definition) is 3. The molecule has 2 rings (SSSR count). The van der Waals surface area contributed by atoms with Crippen molar-refractivity contribution in [1.29, 1.82) is 0 Å². The average Bonchev–Trinajstić information content (AvgIpc) is 3.11. The van der Waals surface area contributed by atoms with Gasteiger partial charge in [-0.2, -0.15) is 5.10 Å². The van der Waals surface area contributed by atoms with Gasteiger partial charge in [0.05, 0.1) is 6.54 Å². The molecule has 0 saturated heterocycles. The number of aromatic nitrogens is 3. The molecule has 0 radical (unpaired) electrons. The molecular formula is C17H24N6O2. The predicted octanol–water partition coefficient (Wildman–Crippen LogP) is 1.52. The van der Waals surface area contributed by atoms with Gasteiger partial charge in [-0.05, 0) is 38.1 Å². The summed E-state index contributed by atoms with van der Waals surface area (Å²) in [5.74, 6) is 0.987. The molecule has 1 aromatic carbocycles. The molecule has 0 aliphatic heterocycles. The van der Waals surface area contributed by atoms with Gasteiger partial charge in [-0.3, -0.25) is 14.7 Å². The van der Waals surface area contributed by atoms with Crippen LogP contribution < -0.4 is 11.1 Å². The Kier molecular flexibility index (Phi) is 6.64. The normalized spacial score (nSPS) is 10.5. The zero-order chi connectivity index (χ0) is 18.2. The second kappa shape index (κ2) is 8.93. The highest BCUT2D eigenvalue weighted by atomic mass is 16.2. The van der Waals surface area contributed by atoms with Crippen molar-refractivity contribution in [3.63, 3.8) is 0 Å². The first-order valence-corrected chi connectivity index (χ1v) is 8.36. The Labute approximate surface area is 146 Å². The van der Waals surface area contributed by atoms with Crippen LogP contribution in [-0.4, -0.2) is 45.0 Å². The molecule has 8 nitrogen and oxygen atoms in total. The van der Waals surface area contributed by atoms with Gasteiger partial charge in [0, 0.05) is 37.2 Å². The summed E-state index contributed by atoms with van der Waals surface area (Å²) in [4.78, 5) is 29.9. The van der Waals surface area contributed by atoms with E-state index in [9.17, 15) is 9.59 Å². The summed E-state index contributed by atoms with van der Waals surface area (Å²) in [6.45, 7) is 5.46. The fourth-order valence-electron chi connectivity index (χ4n) is 2.40. The SMILES string of the molecule is CCN(CC)C(=O)CCC(=O)Nc1ccc(-c2n[nH]c(CN)n2)cc1. The van der Waals surface area contributed by atoms with Crippen molar-refractivity contribution >= 4 is 17.5 Å². The zero-order valence-electron chi connectivity index (χ0n) is 14.6. The largest absolute Gasteiger partial charge is 0.343 e. The number of nitrogens with one attached hydrogen (secondary N) is 2. The molecule has 0 fully saturated rings. The summed E-state index contributed by atoms with van der Waals surface area (Å²) in [7, 11) is 0. The number of carbonyl (C=O) groups excluding carboxylic acids is 2. The number of nitrogens with zero attached hydrogens (tertiary/aromatic N) is 3. The van der Waals surface area contributed by atoms with Gasteiger partial charge in [0.15, 0.2) is 5.82 Å². The molecule has 0 bridgehead atoms. The van der Waals surface area contributed by atoms with Crippen LogP contribution in [0.3, 0.4) is 0 Å². The van der Waals surface area contributed by atoms with Gasteiger partial charge < -0.3 is 16.0 Å². The minimum Gasteiger partial charge on any atom is -0.343 e. The molecule has 4 N–H and O–H groups in total. The van der Waals surface area contributed by atoms with Gasteiger partial charge in [-0.15, -0.1) is 0 Å². The highest BCUT2D eigenvalue weighted by Crippen LogP contribution is 2.18. The number of amides is 2. The molecule has 0 aliphatic carbocycles. The minimum absolute atomic E-state index is 0.00388. The van der Waals surface area contributed by atoms with E-state index in [1.807, 2.05) is 26.0 Å². The molecule has 0 unspecified atom stereocenters. The third kappa shape index (κ3) is 5.12. The predicted molar refractivity (Wildman–Crippen MR) is 95.5 cm³/mol. The Bertz CT molecular complexity index is 706. The second-order valence-electron chi connectivity index (χ2n) is 5.50. The van der Waals surface area contributed by atoms with E-state index in [1.54, 1.807) is 17.0 Å². The molecule has 0 aliphatic rings. The van der Waals surface area contributed by atoms with Crippen molar-refractivity contribution in [1.82, 2.24) is 20.1 Å². The van der Waals surface area contributed by atoms with Gasteiger partial charge in [0.1, 0.15) is 5.82 Å². The average molecular weight is 344 g/mol. The summed E-state index contributed by atoms with van der Waals surface area (Å²) in [5.41, 5.74) is 6.99. The van der Waals surface area contributed by atoms with Gasteiger partial charge in [-0.25, -0.2) is 4.98 Å². The van der Waals surface area contributed by atoms with E-state index < -0.39 is 0 Å². The number of hydrogen-bond acceptors (Lipinski definition) is 5. The Morgan fingerprint density at radius 3 is 2.40 bits per heavy atom. The van der Waals surface area contributed by atoms with Crippen molar-refractivity contribution in [2.24, 2.45) is 5.73 Å². The lowest BCUT2D eigenvalue weighted by molar-refractivity contribution is -0.132. The molecule has 8 heteroatoms. The van der Waals surface area contributed by atoms with Crippen LogP contribution >= 0.6 is 0 Å². The lowest BCUT2D eigenvalue weighted by atomic mass is 10.2. The topological polar surface area (TPSA) is 117 Å². The highest BCUT2D eigenvalue weighted by Gasteiger charge is 2.12. The Balaban J connectivity index is 1.88. The van der Waals surface area contributed by atoms with E-state index in [-0.39, 0.29) is 24.7 Å². The van der Waals surface area contributed by atoms with Crippen LogP contribution in [0.1, 0.15) is 32.5 Å². The number of benzene rings is 1. The van der Waals surface area contributed by atoms with Crippen LogP contribution in [0.15, 0.2) is 24.3 Å². The van der Waals surface area contributed by atoms with E-state index >= 15 is 0 Å². The Morgan fingerprint density at radius 2 is 1.84 bits per heavy atom. The van der Waals surface area contributed by atoms with E-state index in [0.717, 1.165) is 5.56 Å². The van der Waals surface area contributed by atoms with Crippen molar-refractivity contribution in [2.75, 3.05) is 18.4 Å². The van der Waals surface area contributed by atoms with Crippen LogP contribution in [0.2, 0.25) is 0 Å². The van der Waals surface area contributed by atoms with Gasteiger partial charge >= 0.3 is 0 Å². The van der Waals surface area contributed by atoms with E-state index in [2.05, 4.69) is 20.5 Å². The third-order valence-corrected chi connectivity index (χ3v) is 3.83. The van der Waals surface area contributed by atoms with Gasteiger partial charge in [0.2, 0.25) is 11.8 Å². The quantitative estimate of drug-likeness (QED) is 0.671. The molecule has 2 aromatic rings. The molecule has 25 heavy (non-hydrogen) atoms. The third-order valence-electron chi connectivity index (χ3n) is 3.83. The Hall–Kier alpha value is -2.74. The lowest BCUT2D eigenvalue weighted by Gasteiger charge is -2.18. The van der Waals surface area contributed by atoms with Crippen molar-refractivity contribution < 1.29 is 9.59 Å². The first kappa shape index (κ1) is 18.6. The standard InChI is InChI=1S/C17H24N6O2/c1-3-23(4-2)16(25)10-9-15(24)19-13-7-5-12(6-8-13)17-20-14(11-18)21-22-17/h5-8H,3-4,9-11,18H2,1-2H3,(H,19,24)(H,20,21,22). The molecule has 1 heterocycles. The zero-order valence-corrected chi connectivity index (χ0v) is 14.6. The van der Waals surface area contributed by atoms with Crippen molar-refractivity contribution in [2.45, 2.75) is 33.2 Å². The number of aromatic amines is 1. The van der Waals surface area contributed by atoms with E-state index in [1.165, 1.54) is 0 Å². The van der Waals surface area contributed by atoms with Gasteiger partial charge in [0.25, 0.3) is 0 Å². The summed E-state index contributed by atoms with van der Waals surface area (Å²) in [6.07, 6.45) is 0.377. The number of nitrogens with two attached hydrogens (primary N) is 1. The van der Waals surface area contributed by atoms with Crippen molar-refractivity contribution in [3.8, 4) is 11.4 Å². The van der Waals surface area contributed by atoms with Crippen molar-refractivity contribution in [3.05, 3.63) is 30.1 Å². The molecule has 1 aromatic heterocycles. The number of H-pyrrole nitrogens is 1. The summed E-state index contributed by atoms with van der Waals surface area (Å²) >= 11 is 0. The van der Waals surface area contributed by atoms with Crippen LogP contribution in [0.25, 0.3) is 11.4 Å². The summed E-state index contributed by atoms with van der Waals surface area (Å²) in [6, 6.07) is 7.19. The van der Waals surface area contributed by atoms with E-state index in [0.29, 0.717) is 37.0 Å². The maximum atomic E-state index is 12.0. The first-order chi connectivity index (χ1) is 12.1. The molecule has 0 atom stereocenters. The van der Waals surface area contributed by atoms with Crippen LogP contribution in [0.4, 0.5) is 5.69 Å². The van der Waals surface area contributed by atoms with Crippen LogP contribution in [0, 0.1) is 0 Å². The van der Waals surface area contributed by atoms with Gasteiger partial charge in [-0.1, -0.05) is 0 Å². The fourth-order valence-corrected chi connectivity index (χ4v) is 2.40. The second-order valence-corrected chi connectivity index (χ2v) is 5.50. The maximum absolute atomic E-state index is 12.0. The Morgan fingerprint density at radius 1 is 1.16 bits per heavy atom. The fraction of sp³-hybridized carbons (Fsp3) is 0.412. The molecule has 134 valence electrons. The summed E-state index contributed by atoms with van der Waals surface area (Å²) in [5, 5.41) is 9.63. The maximum Gasteiger partial charge on any atom is 0.224 e. The molecular weight excluding hydrogens is 320 g/mol. The number of anilines is 1. The molecule has 0 saturated carbocycles. The highest BCUT2D eigenvalue weighted by molar-refractivity contribution is 5.93. The van der Waals surface area contributed by atoms with Crippen LogP contribution in [0.5, 0.6) is 0 Å². The minimum atomic E-state index is -0.184.